The molecule has 7 nitrogen and oxygen atoms in total. The SMILES string of the molecule is COC(=O)CCCS(=O)(=O)NC(=O)CSC[C@@H]1CCCO1. The van der Waals surface area contributed by atoms with Crippen LogP contribution in [0.5, 0.6) is 0 Å². The van der Waals surface area contributed by atoms with E-state index >= 15 is 0 Å². The van der Waals surface area contributed by atoms with E-state index in [2.05, 4.69) is 4.74 Å². The highest BCUT2D eigenvalue weighted by Gasteiger charge is 2.18. The van der Waals surface area contributed by atoms with Crippen LogP contribution in [-0.4, -0.2) is 57.4 Å². The van der Waals surface area contributed by atoms with E-state index in [0.717, 1.165) is 19.4 Å². The van der Waals surface area contributed by atoms with Crippen molar-refractivity contribution in [3.8, 4) is 0 Å². The van der Waals surface area contributed by atoms with Gasteiger partial charge in [-0.05, 0) is 19.3 Å². The molecule has 0 bridgehead atoms. The molecule has 1 heterocycles. The number of hydrogen-bond acceptors (Lipinski definition) is 7. The van der Waals surface area contributed by atoms with Gasteiger partial charge in [-0.15, -0.1) is 11.8 Å². The van der Waals surface area contributed by atoms with Crippen LogP contribution in [0.1, 0.15) is 25.7 Å². The zero-order valence-electron chi connectivity index (χ0n) is 12.0. The van der Waals surface area contributed by atoms with Gasteiger partial charge in [-0.1, -0.05) is 0 Å². The van der Waals surface area contributed by atoms with Crippen molar-refractivity contribution in [3.63, 3.8) is 0 Å². The summed E-state index contributed by atoms with van der Waals surface area (Å²) in [6.07, 6.45) is 2.32. The Morgan fingerprint density at radius 2 is 2.19 bits per heavy atom. The second-order valence-electron chi connectivity index (χ2n) is 4.67. The van der Waals surface area contributed by atoms with Gasteiger partial charge in [0.1, 0.15) is 0 Å². The molecule has 0 aromatic carbocycles. The van der Waals surface area contributed by atoms with Crippen molar-refractivity contribution in [3.05, 3.63) is 0 Å². The standard InChI is InChI=1S/C12H21NO6S2/c1-18-12(15)5-3-7-21(16,17)13-11(14)9-20-8-10-4-2-6-19-10/h10H,2-9H2,1H3,(H,13,14)/t10-/m0/s1. The van der Waals surface area contributed by atoms with Gasteiger partial charge in [-0.2, -0.15) is 0 Å². The molecule has 1 fully saturated rings. The van der Waals surface area contributed by atoms with Crippen LogP contribution in [0.4, 0.5) is 0 Å². The van der Waals surface area contributed by atoms with Crippen molar-refractivity contribution in [2.75, 3.05) is 31.0 Å². The van der Waals surface area contributed by atoms with Crippen molar-refractivity contribution in [2.24, 2.45) is 0 Å². The molecule has 0 aliphatic carbocycles. The second-order valence-corrected chi connectivity index (χ2v) is 7.55. The number of rotatable bonds is 9. The Balaban J connectivity index is 2.17. The molecule has 0 saturated carbocycles. The number of esters is 1. The van der Waals surface area contributed by atoms with E-state index in [4.69, 9.17) is 4.74 Å². The van der Waals surface area contributed by atoms with Crippen molar-refractivity contribution >= 4 is 33.7 Å². The predicted molar refractivity (Wildman–Crippen MR) is 79.5 cm³/mol. The highest BCUT2D eigenvalue weighted by Crippen LogP contribution is 2.16. The van der Waals surface area contributed by atoms with E-state index in [1.54, 1.807) is 0 Å². The van der Waals surface area contributed by atoms with E-state index < -0.39 is 21.9 Å². The molecule has 0 aromatic heterocycles. The van der Waals surface area contributed by atoms with Gasteiger partial charge < -0.3 is 9.47 Å². The number of methoxy groups -OCH3 is 1. The summed E-state index contributed by atoms with van der Waals surface area (Å²) in [5.41, 5.74) is 0. The fraction of sp³-hybridized carbons (Fsp3) is 0.833. The third-order valence-corrected chi connectivity index (χ3v) is 5.29. The van der Waals surface area contributed by atoms with Gasteiger partial charge in [0.15, 0.2) is 0 Å². The van der Waals surface area contributed by atoms with Crippen molar-refractivity contribution in [2.45, 2.75) is 31.8 Å². The summed E-state index contributed by atoms with van der Waals surface area (Å²) in [4.78, 5) is 22.4. The molecule has 0 unspecified atom stereocenters. The maximum atomic E-state index is 11.6. The first-order valence-electron chi connectivity index (χ1n) is 6.72. The maximum Gasteiger partial charge on any atom is 0.305 e. The summed E-state index contributed by atoms with van der Waals surface area (Å²) in [5.74, 6) is -0.518. The van der Waals surface area contributed by atoms with Crippen molar-refractivity contribution in [1.82, 2.24) is 4.72 Å². The minimum atomic E-state index is -3.69. The van der Waals surface area contributed by atoms with Gasteiger partial charge in [0.2, 0.25) is 15.9 Å². The average Bonchev–Trinajstić information content (AvgIpc) is 2.90. The van der Waals surface area contributed by atoms with E-state index in [1.165, 1.54) is 18.9 Å². The molecule has 1 amide bonds. The molecule has 1 aliphatic rings. The number of carbonyl (C=O) groups is 2. The van der Waals surface area contributed by atoms with E-state index in [9.17, 15) is 18.0 Å². The van der Waals surface area contributed by atoms with E-state index in [-0.39, 0.29) is 30.5 Å². The molecular formula is C12H21NO6S2. The molecule has 122 valence electrons. The topological polar surface area (TPSA) is 98.8 Å². The molecule has 1 aliphatic heterocycles. The Morgan fingerprint density at radius 1 is 1.43 bits per heavy atom. The quantitative estimate of drug-likeness (QED) is 0.603. The summed E-state index contributed by atoms with van der Waals surface area (Å²) >= 11 is 1.36. The lowest BCUT2D eigenvalue weighted by molar-refractivity contribution is -0.140. The summed E-state index contributed by atoms with van der Waals surface area (Å²) in [6, 6.07) is 0. The number of sulfonamides is 1. The summed E-state index contributed by atoms with van der Waals surface area (Å²) in [7, 11) is -2.45. The normalized spacial score (nSPS) is 18.4. The first-order chi connectivity index (χ1) is 9.93. The van der Waals surface area contributed by atoms with Gasteiger partial charge in [0.25, 0.3) is 0 Å². The number of nitrogens with one attached hydrogen (secondary N) is 1. The minimum Gasteiger partial charge on any atom is -0.469 e. The minimum absolute atomic E-state index is 0.0133. The Bertz CT molecular complexity index is 445. The molecular weight excluding hydrogens is 318 g/mol. The molecule has 1 atom stereocenters. The Hall–Kier alpha value is -0.800. The molecule has 9 heteroatoms. The summed E-state index contributed by atoms with van der Waals surface area (Å²) in [6.45, 7) is 0.756. The zero-order chi connectivity index (χ0) is 15.7. The fourth-order valence-electron chi connectivity index (χ4n) is 1.82. The van der Waals surface area contributed by atoms with E-state index in [0.29, 0.717) is 5.75 Å². The summed E-state index contributed by atoms with van der Waals surface area (Å²) in [5, 5.41) is 0. The highest BCUT2D eigenvalue weighted by atomic mass is 32.2. The Kier molecular flexibility index (Phi) is 8.05. The lowest BCUT2D eigenvalue weighted by Gasteiger charge is -2.09. The van der Waals surface area contributed by atoms with Crippen LogP contribution in [0.3, 0.4) is 0 Å². The van der Waals surface area contributed by atoms with Crippen LogP contribution >= 0.6 is 11.8 Å². The van der Waals surface area contributed by atoms with Gasteiger partial charge in [-0.25, -0.2) is 8.42 Å². The molecule has 0 aromatic rings. The van der Waals surface area contributed by atoms with Crippen LogP contribution in [0.15, 0.2) is 0 Å². The Labute approximate surface area is 129 Å². The zero-order valence-corrected chi connectivity index (χ0v) is 13.6. The monoisotopic (exact) mass is 339 g/mol. The Morgan fingerprint density at radius 3 is 2.81 bits per heavy atom. The number of amides is 1. The molecule has 1 N–H and O–H groups in total. The van der Waals surface area contributed by atoms with Crippen LogP contribution in [0.25, 0.3) is 0 Å². The molecule has 1 rings (SSSR count). The first kappa shape index (κ1) is 18.2. The molecule has 1 saturated heterocycles. The third kappa shape index (κ3) is 8.27. The van der Waals surface area contributed by atoms with Crippen molar-refractivity contribution in [1.29, 1.82) is 0 Å². The average molecular weight is 339 g/mol. The third-order valence-electron chi connectivity index (χ3n) is 2.85. The van der Waals surface area contributed by atoms with Crippen LogP contribution < -0.4 is 4.72 Å². The van der Waals surface area contributed by atoms with Crippen LogP contribution in [0.2, 0.25) is 0 Å². The molecule has 0 spiro atoms. The van der Waals surface area contributed by atoms with Gasteiger partial charge >= 0.3 is 5.97 Å². The van der Waals surface area contributed by atoms with Crippen molar-refractivity contribution < 1.29 is 27.5 Å². The molecule has 21 heavy (non-hydrogen) atoms. The number of thioether (sulfide) groups is 1. The van der Waals surface area contributed by atoms with Crippen LogP contribution in [0, 0.1) is 0 Å². The van der Waals surface area contributed by atoms with E-state index in [1.807, 2.05) is 4.72 Å². The maximum absolute atomic E-state index is 11.6. The highest BCUT2D eigenvalue weighted by molar-refractivity contribution is 8.00. The lowest BCUT2D eigenvalue weighted by Crippen LogP contribution is -2.34. The second kappa shape index (κ2) is 9.26. The number of hydrogen-bond donors (Lipinski definition) is 1. The fourth-order valence-corrected chi connectivity index (χ4v) is 3.86. The predicted octanol–water partition coefficient (Wildman–Crippen LogP) is 0.298. The van der Waals surface area contributed by atoms with Gasteiger partial charge in [0.05, 0.1) is 24.7 Å². The first-order valence-corrected chi connectivity index (χ1v) is 9.53. The largest absolute Gasteiger partial charge is 0.469 e. The van der Waals surface area contributed by atoms with Crippen LogP contribution in [-0.2, 0) is 29.1 Å². The number of ether oxygens (including phenoxy) is 2. The van der Waals surface area contributed by atoms with Gasteiger partial charge in [0, 0.05) is 18.8 Å². The summed E-state index contributed by atoms with van der Waals surface area (Å²) < 4.78 is 35.0. The smallest absolute Gasteiger partial charge is 0.305 e. The number of carbonyl (C=O) groups excluding carboxylic acids is 2. The lowest BCUT2D eigenvalue weighted by atomic mass is 10.3. The van der Waals surface area contributed by atoms with Gasteiger partial charge in [-0.3, -0.25) is 14.3 Å². The molecule has 0 radical (unpaired) electrons.